The number of amides is 1. The molecule has 0 saturated carbocycles. The van der Waals surface area contributed by atoms with Gasteiger partial charge in [0.25, 0.3) is 0 Å². The van der Waals surface area contributed by atoms with Gasteiger partial charge in [-0.3, -0.25) is 4.79 Å². The summed E-state index contributed by atoms with van der Waals surface area (Å²) in [6.07, 6.45) is 0.750. The van der Waals surface area contributed by atoms with Crippen LogP contribution < -0.4 is 0 Å². The molecule has 0 heterocycles. The van der Waals surface area contributed by atoms with E-state index in [0.717, 1.165) is 13.5 Å². The van der Waals surface area contributed by atoms with Crippen LogP contribution in [0.25, 0.3) is 0 Å². The van der Waals surface area contributed by atoms with E-state index in [1.165, 1.54) is 4.90 Å². The fourth-order valence-electron chi connectivity index (χ4n) is 0. The zero-order valence-electron chi connectivity index (χ0n) is 7.08. The van der Waals surface area contributed by atoms with Gasteiger partial charge >= 0.3 is 7.82 Å². The maximum Gasteiger partial charge on any atom is 0.466 e. The highest BCUT2D eigenvalue weighted by Gasteiger charge is 2.00. The third kappa shape index (κ3) is 293. The van der Waals surface area contributed by atoms with Crippen molar-refractivity contribution in [1.82, 2.24) is 4.90 Å². The second-order valence-corrected chi connectivity index (χ2v) is 2.61. The summed E-state index contributed by atoms with van der Waals surface area (Å²) in [7, 11) is -0.264. The predicted molar refractivity (Wildman–Crippen MR) is 42.2 cm³/mol. The summed E-state index contributed by atoms with van der Waals surface area (Å²) in [6, 6.07) is 0. The van der Waals surface area contributed by atoms with Crippen molar-refractivity contribution >= 4 is 14.2 Å². The van der Waals surface area contributed by atoms with Gasteiger partial charge in [-0.25, -0.2) is 4.57 Å². The molecule has 0 aromatic heterocycles. The van der Waals surface area contributed by atoms with Gasteiger partial charge in [0.15, 0.2) is 0 Å². The monoisotopic (exact) mass is 203 g/mol. The third-order valence-corrected chi connectivity index (χ3v) is 0.211. The first-order valence-corrected chi connectivity index (χ1v) is 4.18. The van der Waals surface area contributed by atoms with E-state index in [0.29, 0.717) is 0 Å². The number of phosphoric acid groups is 1. The molecule has 0 atom stereocenters. The number of carbonyl (C=O) groups excluding carboxylic acids is 1. The van der Waals surface area contributed by atoms with Crippen molar-refractivity contribution in [2.45, 2.75) is 0 Å². The average Bonchev–Trinajstić information content (AvgIpc) is 1.89. The van der Waals surface area contributed by atoms with Crippen molar-refractivity contribution in [3.05, 3.63) is 0 Å². The van der Waals surface area contributed by atoms with Crippen LogP contribution in [-0.4, -0.2) is 52.3 Å². The molecular weight excluding hydrogens is 189 g/mol. The molecule has 1 amide bonds. The third-order valence-electron chi connectivity index (χ3n) is 0.211. The molecule has 0 unspecified atom stereocenters. The molecule has 0 radical (unpaired) electrons. The first-order chi connectivity index (χ1) is 5.27. The molecule has 0 aromatic carbocycles. The van der Waals surface area contributed by atoms with E-state index in [4.69, 9.17) is 24.4 Å². The molecule has 4 N–H and O–H groups in total. The largest absolute Gasteiger partial charge is 0.466 e. The van der Waals surface area contributed by atoms with Crippen molar-refractivity contribution < 1.29 is 29.1 Å². The average molecular weight is 203 g/mol. The van der Waals surface area contributed by atoms with Gasteiger partial charge in [-0.15, -0.1) is 0 Å². The molecule has 0 aliphatic carbocycles. The summed E-state index contributed by atoms with van der Waals surface area (Å²) in [5.74, 6) is 0. The first kappa shape index (κ1) is 17.6. The SMILES string of the molecule is CN(C)C=O.CO.O=P(O)(O)O. The van der Waals surface area contributed by atoms with Crippen molar-refractivity contribution in [2.75, 3.05) is 21.2 Å². The standard InChI is InChI=1S/C3H7NO.CH4O.H3O4P/c1-4(2)3-5;1-2;1-5(2,3)4/h3H,1-2H3;2H,1H3;(H3,1,2,3,4). The second-order valence-electron chi connectivity index (χ2n) is 1.58. The van der Waals surface area contributed by atoms with E-state index in [1.54, 1.807) is 14.1 Å². The van der Waals surface area contributed by atoms with Crippen molar-refractivity contribution in [2.24, 2.45) is 0 Å². The Kier molecular flexibility index (Phi) is 15.4. The van der Waals surface area contributed by atoms with Crippen LogP contribution in [-0.2, 0) is 9.36 Å². The van der Waals surface area contributed by atoms with Crippen molar-refractivity contribution in [3.8, 4) is 0 Å². The first-order valence-electron chi connectivity index (χ1n) is 2.62. The van der Waals surface area contributed by atoms with Gasteiger partial charge < -0.3 is 24.7 Å². The highest BCUT2D eigenvalue weighted by Crippen LogP contribution is 2.25. The van der Waals surface area contributed by atoms with Gasteiger partial charge in [-0.1, -0.05) is 0 Å². The summed E-state index contributed by atoms with van der Waals surface area (Å²) in [5, 5.41) is 7.00. The summed E-state index contributed by atoms with van der Waals surface area (Å²) >= 11 is 0. The quantitative estimate of drug-likeness (QED) is 0.300. The van der Waals surface area contributed by atoms with Crippen molar-refractivity contribution in [1.29, 1.82) is 0 Å². The molecule has 0 aliphatic heterocycles. The van der Waals surface area contributed by atoms with Crippen LogP contribution in [0.1, 0.15) is 0 Å². The van der Waals surface area contributed by atoms with E-state index in [2.05, 4.69) is 0 Å². The minimum atomic E-state index is -4.64. The highest BCUT2D eigenvalue weighted by atomic mass is 31.2. The summed E-state index contributed by atoms with van der Waals surface area (Å²) < 4.78 is 8.88. The molecule has 0 fully saturated rings. The summed E-state index contributed by atoms with van der Waals surface area (Å²) in [6.45, 7) is 0. The summed E-state index contributed by atoms with van der Waals surface area (Å²) in [5.41, 5.74) is 0. The van der Waals surface area contributed by atoms with Gasteiger partial charge in [-0.05, 0) is 0 Å². The lowest BCUT2D eigenvalue weighted by atomic mass is 11.0. The topological polar surface area (TPSA) is 118 Å². The van der Waals surface area contributed by atoms with Gasteiger partial charge in [0.1, 0.15) is 0 Å². The second kappa shape index (κ2) is 10.5. The fraction of sp³-hybridized carbons (Fsp3) is 0.750. The predicted octanol–water partition coefficient (Wildman–Crippen LogP) is -1.62. The number of nitrogens with zero attached hydrogens (tertiary/aromatic N) is 1. The van der Waals surface area contributed by atoms with Crippen LogP contribution in [0, 0.1) is 0 Å². The normalized spacial score (nSPS) is 8.25. The molecule has 0 bridgehead atoms. The van der Waals surface area contributed by atoms with E-state index in [1.807, 2.05) is 0 Å². The molecule has 0 aromatic rings. The zero-order chi connectivity index (χ0) is 10.8. The van der Waals surface area contributed by atoms with E-state index < -0.39 is 7.82 Å². The summed E-state index contributed by atoms with van der Waals surface area (Å²) in [4.78, 5) is 32.4. The number of hydrogen-bond acceptors (Lipinski definition) is 3. The number of carbonyl (C=O) groups is 1. The lowest BCUT2D eigenvalue weighted by Crippen LogP contribution is -2.06. The maximum absolute atomic E-state index is 9.43. The Hall–Kier alpha value is -0.460. The molecule has 0 aliphatic rings. The van der Waals surface area contributed by atoms with E-state index >= 15 is 0 Å². The zero-order valence-corrected chi connectivity index (χ0v) is 7.97. The van der Waals surface area contributed by atoms with Crippen LogP contribution in [0.3, 0.4) is 0 Å². The van der Waals surface area contributed by atoms with Crippen LogP contribution in [0.4, 0.5) is 0 Å². The number of rotatable bonds is 1. The molecular formula is C4H14NO6P. The van der Waals surface area contributed by atoms with Gasteiger partial charge in [-0.2, -0.15) is 0 Å². The Morgan fingerprint density at radius 2 is 1.25 bits per heavy atom. The van der Waals surface area contributed by atoms with E-state index in [9.17, 15) is 4.79 Å². The number of hydrogen-bond donors (Lipinski definition) is 4. The van der Waals surface area contributed by atoms with Gasteiger partial charge in [0.05, 0.1) is 0 Å². The molecule has 0 rings (SSSR count). The van der Waals surface area contributed by atoms with Crippen LogP contribution in [0.2, 0.25) is 0 Å². The Morgan fingerprint density at radius 1 is 1.17 bits per heavy atom. The minimum absolute atomic E-state index is 0.750. The van der Waals surface area contributed by atoms with Crippen LogP contribution in [0.15, 0.2) is 0 Å². The Morgan fingerprint density at radius 3 is 1.25 bits per heavy atom. The molecule has 7 nitrogen and oxygen atoms in total. The molecule has 8 heteroatoms. The Balaban J connectivity index is -0.000000112. The molecule has 12 heavy (non-hydrogen) atoms. The van der Waals surface area contributed by atoms with Crippen LogP contribution >= 0.6 is 7.82 Å². The lowest BCUT2D eigenvalue weighted by Gasteiger charge is -1.93. The minimum Gasteiger partial charge on any atom is -0.400 e. The smallest absolute Gasteiger partial charge is 0.400 e. The number of aliphatic hydroxyl groups excluding tert-OH is 1. The fourth-order valence-corrected chi connectivity index (χ4v) is 0. The molecule has 0 spiro atoms. The highest BCUT2D eigenvalue weighted by molar-refractivity contribution is 7.45. The van der Waals surface area contributed by atoms with E-state index in [-0.39, 0.29) is 0 Å². The van der Waals surface area contributed by atoms with Crippen LogP contribution in [0.5, 0.6) is 0 Å². The van der Waals surface area contributed by atoms with Crippen molar-refractivity contribution in [3.63, 3.8) is 0 Å². The van der Waals surface area contributed by atoms with Gasteiger partial charge in [0.2, 0.25) is 6.41 Å². The number of aliphatic hydroxyl groups is 1. The Bertz CT molecular complexity index is 123. The maximum atomic E-state index is 9.43. The Labute approximate surface area is 70.5 Å². The van der Waals surface area contributed by atoms with Gasteiger partial charge in [0, 0.05) is 21.2 Å². The molecule has 0 saturated heterocycles. The lowest BCUT2D eigenvalue weighted by molar-refractivity contribution is -0.115. The molecule has 76 valence electrons.